The van der Waals surface area contributed by atoms with Crippen molar-refractivity contribution < 1.29 is 9.50 Å². The zero-order valence-electron chi connectivity index (χ0n) is 10.3. The molecule has 0 amide bonds. The summed E-state index contributed by atoms with van der Waals surface area (Å²) in [5.74, 6) is 0.421. The van der Waals surface area contributed by atoms with Gasteiger partial charge in [0.2, 0.25) is 0 Å². The van der Waals surface area contributed by atoms with E-state index in [0.717, 1.165) is 11.3 Å². The second kappa shape index (κ2) is 5.14. The maximum atomic E-state index is 13.1. The van der Waals surface area contributed by atoms with Crippen LogP contribution in [0.5, 0.6) is 0 Å². The van der Waals surface area contributed by atoms with Crippen molar-refractivity contribution >= 4 is 11.5 Å². The summed E-state index contributed by atoms with van der Waals surface area (Å²) in [5, 5.41) is 9.40. The highest BCUT2D eigenvalue weighted by atomic mass is 19.1. The summed E-state index contributed by atoms with van der Waals surface area (Å²) >= 11 is 0. The summed E-state index contributed by atoms with van der Waals surface area (Å²) < 4.78 is 13.1. The number of aliphatic hydroxyl groups is 1. The summed E-state index contributed by atoms with van der Waals surface area (Å²) in [6.45, 7) is 1.69. The largest absolute Gasteiger partial charge is 0.389 e. The molecule has 2 rings (SSSR count). The lowest BCUT2D eigenvalue weighted by atomic mass is 10.2. The van der Waals surface area contributed by atoms with Crippen LogP contribution in [0.3, 0.4) is 0 Å². The van der Waals surface area contributed by atoms with Gasteiger partial charge in [-0.05, 0) is 36.8 Å². The van der Waals surface area contributed by atoms with Crippen LogP contribution in [0.2, 0.25) is 0 Å². The number of nitrogens with zero attached hydrogens (tertiary/aromatic N) is 2. The van der Waals surface area contributed by atoms with Gasteiger partial charge in [-0.15, -0.1) is 0 Å². The van der Waals surface area contributed by atoms with Gasteiger partial charge in [-0.25, -0.2) is 9.37 Å². The lowest BCUT2D eigenvalue weighted by Crippen LogP contribution is -2.11. The highest BCUT2D eigenvalue weighted by molar-refractivity contribution is 5.58. The number of pyridine rings is 1. The fraction of sp³-hybridized carbons (Fsp3) is 0.214. The SMILES string of the molecule is C[C@H](O)c1ccc(N(C)c2cccc(F)c2)nc1. The third-order valence-electron chi connectivity index (χ3n) is 2.79. The van der Waals surface area contributed by atoms with Gasteiger partial charge in [0.1, 0.15) is 11.6 Å². The van der Waals surface area contributed by atoms with Crippen LogP contribution in [0.15, 0.2) is 42.6 Å². The number of hydrogen-bond donors (Lipinski definition) is 1. The van der Waals surface area contributed by atoms with E-state index in [1.54, 1.807) is 30.2 Å². The topological polar surface area (TPSA) is 36.4 Å². The summed E-state index contributed by atoms with van der Waals surface area (Å²) in [6, 6.07) is 9.93. The van der Waals surface area contributed by atoms with Crippen molar-refractivity contribution in [2.75, 3.05) is 11.9 Å². The summed E-state index contributed by atoms with van der Waals surface area (Å²) in [4.78, 5) is 6.04. The van der Waals surface area contributed by atoms with Gasteiger partial charge in [-0.3, -0.25) is 0 Å². The minimum absolute atomic E-state index is 0.278. The van der Waals surface area contributed by atoms with Crippen molar-refractivity contribution in [2.45, 2.75) is 13.0 Å². The maximum Gasteiger partial charge on any atom is 0.132 e. The van der Waals surface area contributed by atoms with Crippen molar-refractivity contribution in [2.24, 2.45) is 0 Å². The molecule has 94 valence electrons. The van der Waals surface area contributed by atoms with E-state index in [-0.39, 0.29) is 5.82 Å². The molecule has 3 nitrogen and oxygen atoms in total. The molecule has 0 fully saturated rings. The van der Waals surface area contributed by atoms with Gasteiger partial charge < -0.3 is 10.0 Å². The lowest BCUT2D eigenvalue weighted by Gasteiger charge is -2.18. The Kier molecular flexibility index (Phi) is 3.58. The van der Waals surface area contributed by atoms with Crippen molar-refractivity contribution in [1.29, 1.82) is 0 Å². The van der Waals surface area contributed by atoms with Crippen LogP contribution in [0.4, 0.5) is 15.9 Å². The summed E-state index contributed by atoms with van der Waals surface area (Å²) in [7, 11) is 1.82. The molecule has 0 saturated heterocycles. The number of hydrogen-bond acceptors (Lipinski definition) is 3. The molecule has 18 heavy (non-hydrogen) atoms. The van der Waals surface area contributed by atoms with Crippen LogP contribution in [-0.4, -0.2) is 17.1 Å². The number of benzene rings is 1. The van der Waals surface area contributed by atoms with E-state index in [1.165, 1.54) is 12.1 Å². The minimum atomic E-state index is -0.536. The van der Waals surface area contributed by atoms with E-state index in [1.807, 2.05) is 19.2 Å². The number of aliphatic hydroxyl groups excluding tert-OH is 1. The first-order valence-corrected chi connectivity index (χ1v) is 5.71. The second-order valence-electron chi connectivity index (χ2n) is 4.16. The van der Waals surface area contributed by atoms with Gasteiger partial charge in [-0.2, -0.15) is 0 Å². The van der Waals surface area contributed by atoms with Gasteiger partial charge in [-0.1, -0.05) is 12.1 Å². The Morgan fingerprint density at radius 1 is 1.28 bits per heavy atom. The normalized spacial score (nSPS) is 12.2. The van der Waals surface area contributed by atoms with Gasteiger partial charge in [0, 0.05) is 18.9 Å². The first-order valence-electron chi connectivity index (χ1n) is 5.71. The highest BCUT2D eigenvalue weighted by Gasteiger charge is 2.07. The van der Waals surface area contributed by atoms with Crippen molar-refractivity contribution in [3.63, 3.8) is 0 Å². The fourth-order valence-corrected chi connectivity index (χ4v) is 1.66. The molecule has 1 heterocycles. The summed E-state index contributed by atoms with van der Waals surface area (Å²) in [5.41, 5.74) is 1.48. The van der Waals surface area contributed by atoms with Gasteiger partial charge >= 0.3 is 0 Å². The third-order valence-corrected chi connectivity index (χ3v) is 2.79. The van der Waals surface area contributed by atoms with Crippen LogP contribution >= 0.6 is 0 Å². The Balaban J connectivity index is 2.26. The molecular formula is C14H15FN2O. The van der Waals surface area contributed by atoms with Crippen LogP contribution in [0, 0.1) is 5.82 Å². The maximum absolute atomic E-state index is 13.1. The Hall–Kier alpha value is -1.94. The average Bonchev–Trinajstić information content (AvgIpc) is 2.38. The van der Waals surface area contributed by atoms with Crippen molar-refractivity contribution in [3.8, 4) is 0 Å². The first kappa shape index (κ1) is 12.5. The Bertz CT molecular complexity index is 526. The predicted molar refractivity (Wildman–Crippen MR) is 69.3 cm³/mol. The smallest absolute Gasteiger partial charge is 0.132 e. The van der Waals surface area contributed by atoms with Gasteiger partial charge in [0.05, 0.1) is 6.10 Å². The molecule has 1 aromatic heterocycles. The van der Waals surface area contributed by atoms with E-state index in [9.17, 15) is 9.50 Å². The van der Waals surface area contributed by atoms with Gasteiger partial charge in [0.15, 0.2) is 0 Å². The molecule has 1 atom stereocenters. The standard InChI is InChI=1S/C14H15FN2O/c1-10(18)11-6-7-14(16-9-11)17(2)13-5-3-4-12(15)8-13/h3-10,18H,1-2H3/t10-/m0/s1. The lowest BCUT2D eigenvalue weighted by molar-refractivity contribution is 0.199. The monoisotopic (exact) mass is 246 g/mol. The number of halogens is 1. The van der Waals surface area contributed by atoms with Crippen LogP contribution < -0.4 is 4.90 Å². The molecular weight excluding hydrogens is 231 g/mol. The number of aromatic nitrogens is 1. The molecule has 0 aliphatic heterocycles. The zero-order valence-corrected chi connectivity index (χ0v) is 10.3. The fourth-order valence-electron chi connectivity index (χ4n) is 1.66. The van der Waals surface area contributed by atoms with Crippen molar-refractivity contribution in [3.05, 3.63) is 54.0 Å². The van der Waals surface area contributed by atoms with E-state index in [0.29, 0.717) is 5.82 Å². The molecule has 0 radical (unpaired) electrons. The first-order chi connectivity index (χ1) is 8.58. The molecule has 0 aliphatic carbocycles. The van der Waals surface area contributed by atoms with Crippen LogP contribution in [0.25, 0.3) is 0 Å². The zero-order chi connectivity index (χ0) is 13.1. The molecule has 0 spiro atoms. The average molecular weight is 246 g/mol. The Morgan fingerprint density at radius 2 is 2.06 bits per heavy atom. The van der Waals surface area contributed by atoms with Crippen molar-refractivity contribution in [1.82, 2.24) is 4.98 Å². The van der Waals surface area contributed by atoms with Crippen LogP contribution in [-0.2, 0) is 0 Å². The third kappa shape index (κ3) is 2.65. The van der Waals surface area contributed by atoms with E-state index in [4.69, 9.17) is 0 Å². The molecule has 1 aromatic carbocycles. The van der Waals surface area contributed by atoms with E-state index in [2.05, 4.69) is 4.98 Å². The highest BCUT2D eigenvalue weighted by Crippen LogP contribution is 2.23. The molecule has 0 saturated carbocycles. The van der Waals surface area contributed by atoms with Crippen LogP contribution in [0.1, 0.15) is 18.6 Å². The quantitative estimate of drug-likeness (QED) is 0.904. The Labute approximate surface area is 106 Å². The van der Waals surface area contributed by atoms with E-state index >= 15 is 0 Å². The molecule has 0 unspecified atom stereocenters. The predicted octanol–water partition coefficient (Wildman–Crippen LogP) is 3.04. The van der Waals surface area contributed by atoms with E-state index < -0.39 is 6.10 Å². The molecule has 2 aromatic rings. The molecule has 0 bridgehead atoms. The molecule has 4 heteroatoms. The molecule has 1 N–H and O–H groups in total. The minimum Gasteiger partial charge on any atom is -0.389 e. The number of rotatable bonds is 3. The Morgan fingerprint density at radius 3 is 2.61 bits per heavy atom. The second-order valence-corrected chi connectivity index (χ2v) is 4.16. The summed E-state index contributed by atoms with van der Waals surface area (Å²) in [6.07, 6.45) is 1.08. The molecule has 0 aliphatic rings. The number of anilines is 2. The van der Waals surface area contributed by atoms with Gasteiger partial charge in [0.25, 0.3) is 0 Å².